The van der Waals surface area contributed by atoms with Crippen molar-refractivity contribution < 1.29 is 22.8 Å². The summed E-state index contributed by atoms with van der Waals surface area (Å²) in [5.41, 5.74) is -0.433. The molecule has 0 aliphatic heterocycles. The van der Waals surface area contributed by atoms with Gasteiger partial charge in [-0.05, 0) is 35.7 Å². The van der Waals surface area contributed by atoms with Crippen LogP contribution in [0.5, 0.6) is 0 Å². The second-order valence-corrected chi connectivity index (χ2v) is 7.91. The molecule has 2 heterocycles. The van der Waals surface area contributed by atoms with E-state index in [9.17, 15) is 22.8 Å². The Labute approximate surface area is 180 Å². The Morgan fingerprint density at radius 3 is 2.47 bits per heavy atom. The Kier molecular flexibility index (Phi) is 7.67. The molecule has 0 saturated carbocycles. The standard InChI is InChI=1S/C18H24BrF3N6O2/c1-5-27-9-12(15(25-27)17(30)23-8-10(2)3)24-13(29)6-7-28-11(4)14(19)16(26-28)18(20,21)22/h9-10H,5-8H2,1-4H3,(H,23,30)(H,24,29). The maximum Gasteiger partial charge on any atom is 0.436 e. The minimum atomic E-state index is -4.59. The van der Waals surface area contributed by atoms with Crippen LogP contribution in [0.25, 0.3) is 0 Å². The molecule has 0 aromatic carbocycles. The van der Waals surface area contributed by atoms with Crippen LogP contribution in [0.4, 0.5) is 18.9 Å². The molecule has 2 aromatic heterocycles. The lowest BCUT2D eigenvalue weighted by atomic mass is 10.2. The van der Waals surface area contributed by atoms with Gasteiger partial charge >= 0.3 is 6.18 Å². The molecule has 2 amide bonds. The van der Waals surface area contributed by atoms with Gasteiger partial charge in [0.15, 0.2) is 11.4 Å². The SMILES string of the molecule is CCn1cc(NC(=O)CCn2nc(C(F)(F)F)c(Br)c2C)c(C(=O)NCC(C)C)n1. The first-order valence-corrected chi connectivity index (χ1v) is 10.2. The number of hydrogen-bond acceptors (Lipinski definition) is 4. The van der Waals surface area contributed by atoms with Gasteiger partial charge in [-0.2, -0.15) is 23.4 Å². The number of nitrogens with zero attached hydrogens (tertiary/aromatic N) is 4. The van der Waals surface area contributed by atoms with Gasteiger partial charge in [-0.1, -0.05) is 13.8 Å². The van der Waals surface area contributed by atoms with Crippen LogP contribution < -0.4 is 10.6 Å². The smallest absolute Gasteiger partial charge is 0.350 e. The monoisotopic (exact) mass is 492 g/mol. The fourth-order valence-electron chi connectivity index (χ4n) is 2.57. The molecule has 2 rings (SSSR count). The summed E-state index contributed by atoms with van der Waals surface area (Å²) >= 11 is 2.90. The zero-order valence-electron chi connectivity index (χ0n) is 17.1. The summed E-state index contributed by atoms with van der Waals surface area (Å²) in [6, 6.07) is 0. The van der Waals surface area contributed by atoms with Gasteiger partial charge in [-0.15, -0.1) is 0 Å². The van der Waals surface area contributed by atoms with Gasteiger partial charge in [0.1, 0.15) is 0 Å². The highest BCUT2D eigenvalue weighted by molar-refractivity contribution is 9.10. The summed E-state index contributed by atoms with van der Waals surface area (Å²) < 4.78 is 41.4. The predicted molar refractivity (Wildman–Crippen MR) is 108 cm³/mol. The minimum absolute atomic E-state index is 0.0524. The molecule has 8 nitrogen and oxygen atoms in total. The Balaban J connectivity index is 2.08. The summed E-state index contributed by atoms with van der Waals surface area (Å²) in [6.45, 7) is 8.13. The minimum Gasteiger partial charge on any atom is -0.350 e. The number of carbonyl (C=O) groups is 2. The number of aromatic nitrogens is 4. The second kappa shape index (κ2) is 9.63. The second-order valence-electron chi connectivity index (χ2n) is 7.12. The number of amides is 2. The van der Waals surface area contributed by atoms with Crippen molar-refractivity contribution in [2.75, 3.05) is 11.9 Å². The van der Waals surface area contributed by atoms with Crippen molar-refractivity contribution in [3.05, 3.63) is 27.8 Å². The quantitative estimate of drug-likeness (QED) is 0.588. The van der Waals surface area contributed by atoms with Gasteiger partial charge < -0.3 is 10.6 Å². The summed E-state index contributed by atoms with van der Waals surface area (Å²) in [5.74, 6) is -0.630. The van der Waals surface area contributed by atoms with Crippen molar-refractivity contribution in [3.63, 3.8) is 0 Å². The summed E-state index contributed by atoms with van der Waals surface area (Å²) in [7, 11) is 0. The number of aryl methyl sites for hydroxylation is 2. The van der Waals surface area contributed by atoms with E-state index in [0.29, 0.717) is 13.1 Å². The van der Waals surface area contributed by atoms with E-state index in [1.165, 1.54) is 11.6 Å². The molecule has 30 heavy (non-hydrogen) atoms. The Bertz CT molecular complexity index is 920. The van der Waals surface area contributed by atoms with Gasteiger partial charge in [0.25, 0.3) is 5.91 Å². The fraction of sp³-hybridized carbons (Fsp3) is 0.556. The molecule has 0 fully saturated rings. The van der Waals surface area contributed by atoms with E-state index < -0.39 is 23.7 Å². The van der Waals surface area contributed by atoms with Gasteiger partial charge in [-0.3, -0.25) is 19.0 Å². The first-order chi connectivity index (χ1) is 13.9. The highest BCUT2D eigenvalue weighted by Gasteiger charge is 2.37. The molecule has 0 atom stereocenters. The normalized spacial score (nSPS) is 11.8. The zero-order valence-corrected chi connectivity index (χ0v) is 18.7. The van der Waals surface area contributed by atoms with Crippen molar-refractivity contribution in [3.8, 4) is 0 Å². The first kappa shape index (κ1) is 23.9. The first-order valence-electron chi connectivity index (χ1n) is 9.39. The number of rotatable bonds is 8. The van der Waals surface area contributed by atoms with Crippen LogP contribution in [0.3, 0.4) is 0 Å². The van der Waals surface area contributed by atoms with Crippen LogP contribution in [0, 0.1) is 12.8 Å². The highest BCUT2D eigenvalue weighted by atomic mass is 79.9. The summed E-state index contributed by atoms with van der Waals surface area (Å²) in [5, 5.41) is 13.1. The van der Waals surface area contributed by atoms with Crippen LogP contribution in [0.15, 0.2) is 10.7 Å². The van der Waals surface area contributed by atoms with E-state index in [0.717, 1.165) is 4.68 Å². The lowest BCUT2D eigenvalue weighted by Crippen LogP contribution is -2.29. The molecule has 2 aromatic rings. The molecular formula is C18H24BrF3N6O2. The third-order valence-corrected chi connectivity index (χ3v) is 5.15. The van der Waals surface area contributed by atoms with Crippen LogP contribution in [0.2, 0.25) is 0 Å². The van der Waals surface area contributed by atoms with Crippen molar-refractivity contribution >= 4 is 33.4 Å². The topological polar surface area (TPSA) is 93.8 Å². The van der Waals surface area contributed by atoms with Crippen molar-refractivity contribution in [1.29, 1.82) is 0 Å². The van der Waals surface area contributed by atoms with Gasteiger partial charge in [0, 0.05) is 25.7 Å². The molecule has 0 spiro atoms. The molecule has 0 aliphatic carbocycles. The largest absolute Gasteiger partial charge is 0.436 e. The van der Waals surface area contributed by atoms with E-state index in [1.807, 2.05) is 20.8 Å². The molecule has 0 aliphatic rings. The fourth-order valence-corrected chi connectivity index (χ4v) is 3.08. The van der Waals surface area contributed by atoms with Crippen LogP contribution in [0.1, 0.15) is 49.1 Å². The Hall–Kier alpha value is -2.37. The Morgan fingerprint density at radius 1 is 1.27 bits per heavy atom. The third-order valence-electron chi connectivity index (χ3n) is 4.20. The molecule has 0 bridgehead atoms. The molecule has 166 valence electrons. The number of alkyl halides is 3. The number of anilines is 1. The highest BCUT2D eigenvalue weighted by Crippen LogP contribution is 2.35. The maximum atomic E-state index is 13.0. The molecule has 0 radical (unpaired) electrons. The lowest BCUT2D eigenvalue weighted by Gasteiger charge is -2.08. The third kappa shape index (κ3) is 5.83. The van der Waals surface area contributed by atoms with Gasteiger partial charge in [0.2, 0.25) is 5.91 Å². The average Bonchev–Trinajstić information content (AvgIpc) is 3.19. The number of hydrogen-bond donors (Lipinski definition) is 2. The van der Waals surface area contributed by atoms with Gasteiger partial charge in [-0.25, -0.2) is 0 Å². The van der Waals surface area contributed by atoms with Crippen LogP contribution >= 0.6 is 15.9 Å². The number of nitrogens with one attached hydrogen (secondary N) is 2. The summed E-state index contributed by atoms with van der Waals surface area (Å²) in [6.07, 6.45) is -3.18. The van der Waals surface area contributed by atoms with Crippen LogP contribution in [-0.4, -0.2) is 37.9 Å². The maximum absolute atomic E-state index is 13.0. The van der Waals surface area contributed by atoms with Gasteiger partial charge in [0.05, 0.1) is 22.4 Å². The molecular weight excluding hydrogens is 469 g/mol. The predicted octanol–water partition coefficient (Wildman–Crippen LogP) is 3.60. The molecule has 2 N–H and O–H groups in total. The van der Waals surface area contributed by atoms with Crippen molar-refractivity contribution in [2.24, 2.45) is 5.92 Å². The van der Waals surface area contributed by atoms with Crippen molar-refractivity contribution in [1.82, 2.24) is 24.9 Å². The van der Waals surface area contributed by atoms with E-state index in [1.54, 1.807) is 6.20 Å². The lowest BCUT2D eigenvalue weighted by molar-refractivity contribution is -0.142. The van der Waals surface area contributed by atoms with E-state index in [4.69, 9.17) is 0 Å². The van der Waals surface area contributed by atoms with E-state index >= 15 is 0 Å². The van der Waals surface area contributed by atoms with E-state index in [-0.39, 0.29) is 40.4 Å². The molecule has 0 saturated heterocycles. The molecule has 0 unspecified atom stereocenters. The van der Waals surface area contributed by atoms with Crippen LogP contribution in [-0.2, 0) is 24.1 Å². The average molecular weight is 493 g/mol. The number of halogens is 4. The zero-order chi connectivity index (χ0) is 22.6. The molecule has 12 heteroatoms. The van der Waals surface area contributed by atoms with E-state index in [2.05, 4.69) is 36.8 Å². The van der Waals surface area contributed by atoms with Crippen molar-refractivity contribution in [2.45, 2.75) is 53.4 Å². The summed E-state index contributed by atoms with van der Waals surface area (Å²) in [4.78, 5) is 24.7. The number of carbonyl (C=O) groups excluding carboxylic acids is 2. The Morgan fingerprint density at radius 2 is 1.93 bits per heavy atom.